The quantitative estimate of drug-likeness (QED) is 0.248. The third-order valence-corrected chi connectivity index (χ3v) is 0. The van der Waals surface area contributed by atoms with Crippen LogP contribution in [0.25, 0.3) is 0 Å². The number of carbonyl (C=O) groups excluding carboxylic acids is 4. The summed E-state index contributed by atoms with van der Waals surface area (Å²) in [7, 11) is 1.19. The topological polar surface area (TPSA) is 68.3 Å². The van der Waals surface area contributed by atoms with Gasteiger partial charge in [-0.15, -0.1) is 0 Å². The van der Waals surface area contributed by atoms with E-state index in [0.29, 0.717) is 0 Å². The van der Waals surface area contributed by atoms with E-state index in [0.717, 1.165) is 0 Å². The van der Waals surface area contributed by atoms with Gasteiger partial charge >= 0.3 is 49.1 Å². The van der Waals surface area contributed by atoms with Gasteiger partial charge in [0.25, 0.3) is 0 Å². The van der Waals surface area contributed by atoms with Crippen LogP contribution in [-0.2, 0) is 27.6 Å². The van der Waals surface area contributed by atoms with Gasteiger partial charge < -0.3 is 19.2 Å². The van der Waals surface area contributed by atoms with Gasteiger partial charge in [0, 0.05) is 0 Å². The van der Waals surface area contributed by atoms with Crippen molar-refractivity contribution in [1.29, 1.82) is 0 Å². The molecule has 0 spiro atoms. The van der Waals surface area contributed by atoms with Crippen LogP contribution in [0.4, 0.5) is 0 Å². The second-order valence-corrected chi connectivity index (χ2v) is 9.37. The van der Waals surface area contributed by atoms with Gasteiger partial charge in [-0.2, -0.15) is 0 Å². The Bertz CT molecular complexity index is 35.3. The van der Waals surface area contributed by atoms with E-state index < -0.39 is 0 Å². The Hall–Kier alpha value is 0.659. The molecule has 0 amide bonds. The molecule has 0 saturated heterocycles. The van der Waals surface area contributed by atoms with E-state index in [2.05, 4.69) is 67.8 Å². The fraction of sp³-hybridized carbons (Fsp3) is 0. The molecule has 7 heteroatoms. The van der Waals surface area contributed by atoms with Crippen LogP contribution in [0.15, 0.2) is 0 Å². The van der Waals surface area contributed by atoms with Crippen molar-refractivity contribution in [3.8, 4) is 0 Å². The molecule has 0 aliphatic rings. The van der Waals surface area contributed by atoms with E-state index in [4.69, 9.17) is 19.2 Å². The van der Waals surface area contributed by atoms with Gasteiger partial charge in [-0.1, -0.05) is 0 Å². The Labute approximate surface area is 94.5 Å². The summed E-state index contributed by atoms with van der Waals surface area (Å²) in [5.41, 5.74) is 0. The molecule has 0 aromatic rings. The molecule has 0 aliphatic heterocycles. The maximum absolute atomic E-state index is 7.75. The van der Waals surface area contributed by atoms with Crippen molar-refractivity contribution in [2.75, 3.05) is 0 Å². The monoisotopic (exact) mass is 426 g/mol. The molecular weight excluding hydrogens is 422 g/mol. The molecule has 0 fully saturated rings. The Kier molecular flexibility index (Phi) is 981. The van der Waals surface area contributed by atoms with Crippen molar-refractivity contribution in [3.63, 3.8) is 0 Å². The van der Waals surface area contributed by atoms with Gasteiger partial charge in [0.05, 0.1) is 0 Å². The minimum atomic E-state index is 1.19. The van der Waals surface area contributed by atoms with Crippen LogP contribution < -0.4 is 0 Å². The molecule has 4 nitrogen and oxygen atoms in total. The Morgan fingerprint density at radius 1 is 0.636 bits per heavy atom. The third kappa shape index (κ3) is 1840. The summed E-state index contributed by atoms with van der Waals surface area (Å²) in [5, 5.41) is 0. The second-order valence-electron chi connectivity index (χ2n) is 0.0505. The minimum absolute atomic E-state index is 1.19. The number of rotatable bonds is 0. The van der Waals surface area contributed by atoms with Gasteiger partial charge in [0.1, 0.15) is 0 Å². The van der Waals surface area contributed by atoms with Crippen LogP contribution in [0.3, 0.4) is 0 Å². The van der Waals surface area contributed by atoms with Crippen molar-refractivity contribution in [1.82, 2.24) is 0 Å². The van der Waals surface area contributed by atoms with E-state index >= 15 is 0 Å². The molecular formula is C4H4FeI2O4-4. The average Bonchev–Trinajstić information content (AvgIpc) is 2.18. The molecule has 11 heavy (non-hydrogen) atoms. The van der Waals surface area contributed by atoms with Crippen molar-refractivity contribution in [2.45, 2.75) is 0 Å². The maximum atomic E-state index is 7.75. The van der Waals surface area contributed by atoms with E-state index in [1.807, 2.05) is 0 Å². The van der Waals surface area contributed by atoms with Gasteiger partial charge in [-0.25, -0.2) is 0 Å². The fourth-order valence-electron chi connectivity index (χ4n) is 0. The number of hydrogen-bond donors (Lipinski definition) is 0. The standard InChI is InChI=1S/4CHO.Fe.2HI/c4*1-2;;;/h4*1H;;2*1H/q4*-1;+2;;/p-2. The van der Waals surface area contributed by atoms with Crippen LogP contribution in [-0.4, -0.2) is 27.2 Å². The van der Waals surface area contributed by atoms with Gasteiger partial charge in [0.15, 0.2) is 0 Å². The van der Waals surface area contributed by atoms with Crippen LogP contribution >= 0.6 is 40.7 Å². The predicted molar refractivity (Wildman–Crippen MR) is 55.0 cm³/mol. The number of halogens is 2. The molecule has 0 N–H and O–H groups in total. The van der Waals surface area contributed by atoms with Gasteiger partial charge in [-0.3, -0.25) is 27.2 Å². The SMILES string of the molecule is [CH-]=O.[CH-]=O.[CH-]=O.[CH-]=O.[I][Fe][I]. The zero-order valence-electron chi connectivity index (χ0n) is 5.05. The Balaban J connectivity index is -0.0000000139. The molecule has 0 aliphatic carbocycles. The Morgan fingerprint density at radius 3 is 0.636 bits per heavy atom. The first-order valence-electron chi connectivity index (χ1n) is 1.21. The summed E-state index contributed by atoms with van der Waals surface area (Å²) in [6.07, 6.45) is 0. The van der Waals surface area contributed by atoms with Crippen molar-refractivity contribution in [3.05, 3.63) is 0 Å². The molecule has 0 aromatic heterocycles. The van der Waals surface area contributed by atoms with Crippen LogP contribution in [0, 0.1) is 0 Å². The third-order valence-electron chi connectivity index (χ3n) is 0. The van der Waals surface area contributed by atoms with Gasteiger partial charge in [0.2, 0.25) is 0 Å². The molecule has 0 atom stereocenters. The molecule has 0 heterocycles. The summed E-state index contributed by atoms with van der Waals surface area (Å²) < 4.78 is 0. The molecule has 70 valence electrons. The zero-order valence-corrected chi connectivity index (χ0v) is 10.5. The summed E-state index contributed by atoms with van der Waals surface area (Å²) in [6, 6.07) is 0. The Morgan fingerprint density at radius 2 is 0.636 bits per heavy atom. The summed E-state index contributed by atoms with van der Waals surface area (Å²) in [4.78, 5) is 31.0. The first kappa shape index (κ1) is 29.9. The molecule has 0 radical (unpaired) electrons. The molecule has 0 rings (SSSR count). The fourth-order valence-corrected chi connectivity index (χ4v) is 0. The number of hydrogen-bond acceptors (Lipinski definition) is 4. The van der Waals surface area contributed by atoms with Crippen molar-refractivity contribution < 1.29 is 27.6 Å². The second kappa shape index (κ2) is 361. The molecule has 0 aromatic carbocycles. The van der Waals surface area contributed by atoms with E-state index in [-0.39, 0.29) is 0 Å². The van der Waals surface area contributed by atoms with E-state index in [1.165, 1.54) is 8.46 Å². The average molecular weight is 426 g/mol. The zero-order chi connectivity index (χ0) is 10.7. The van der Waals surface area contributed by atoms with Crippen molar-refractivity contribution >= 4 is 67.8 Å². The first-order valence-corrected chi connectivity index (χ1v) is 8.33. The van der Waals surface area contributed by atoms with Gasteiger partial charge in [-0.05, 0) is 0 Å². The van der Waals surface area contributed by atoms with E-state index in [9.17, 15) is 0 Å². The molecule has 0 saturated carbocycles. The normalized spacial score (nSPS) is 3.45. The summed E-state index contributed by atoms with van der Waals surface area (Å²) in [6.45, 7) is 13.0. The van der Waals surface area contributed by atoms with Crippen LogP contribution in [0.1, 0.15) is 0 Å². The molecule has 0 unspecified atom stereocenters. The van der Waals surface area contributed by atoms with Crippen LogP contribution in [0.5, 0.6) is 0 Å². The predicted octanol–water partition coefficient (Wildman–Crippen LogP) is 0.673. The first-order chi connectivity index (χ1) is 5.41. The summed E-state index contributed by atoms with van der Waals surface area (Å²) in [5.74, 6) is 0. The van der Waals surface area contributed by atoms with Crippen molar-refractivity contribution in [2.24, 2.45) is 0 Å². The van der Waals surface area contributed by atoms with Crippen LogP contribution in [0.2, 0.25) is 0 Å². The summed E-state index contributed by atoms with van der Waals surface area (Å²) >= 11 is 4.55. The molecule has 0 bridgehead atoms. The van der Waals surface area contributed by atoms with E-state index in [1.54, 1.807) is 0 Å².